The summed E-state index contributed by atoms with van der Waals surface area (Å²) in [4.78, 5) is 25.2. The third-order valence-electron chi connectivity index (χ3n) is 3.59. The minimum Gasteiger partial charge on any atom is -0.459 e. The highest BCUT2D eigenvalue weighted by atomic mass is 35.5. The molecule has 0 aliphatic carbocycles. The van der Waals surface area contributed by atoms with Crippen LogP contribution in [-0.2, 0) is 0 Å². The molecule has 1 unspecified atom stereocenters. The van der Waals surface area contributed by atoms with Gasteiger partial charge in [0.25, 0.3) is 5.91 Å². The van der Waals surface area contributed by atoms with Crippen LogP contribution in [0.1, 0.15) is 20.9 Å². The molecule has 0 radical (unpaired) electrons. The van der Waals surface area contributed by atoms with Crippen molar-refractivity contribution in [1.29, 1.82) is 0 Å². The van der Waals surface area contributed by atoms with E-state index in [1.165, 1.54) is 12.3 Å². The van der Waals surface area contributed by atoms with Crippen LogP contribution >= 0.6 is 23.2 Å². The minimum atomic E-state index is -1.06. The number of carbonyl (C=O) groups excluding carboxylic acids is 2. The highest BCUT2D eigenvalue weighted by Crippen LogP contribution is 2.30. The number of amides is 1. The number of carbonyl (C=O) groups is 2. The first-order chi connectivity index (χ1) is 12.6. The van der Waals surface area contributed by atoms with E-state index < -0.39 is 12.1 Å². The average Bonchev–Trinajstić information content (AvgIpc) is 3.20. The lowest BCUT2D eigenvalue weighted by molar-refractivity contribution is 0.0853. The van der Waals surface area contributed by atoms with Gasteiger partial charge in [-0.25, -0.2) is 0 Å². The van der Waals surface area contributed by atoms with E-state index in [0.29, 0.717) is 16.3 Å². The smallest absolute Gasteiger partial charge is 0.288 e. The molecule has 1 atom stereocenters. The number of anilines is 1. The molecule has 5 nitrogen and oxygen atoms in total. The molecule has 1 amide bonds. The van der Waals surface area contributed by atoms with Crippen molar-refractivity contribution in [3.05, 3.63) is 88.3 Å². The molecule has 0 bridgehead atoms. The predicted octanol–water partition coefficient (Wildman–Crippen LogP) is 4.64. The summed E-state index contributed by atoms with van der Waals surface area (Å²) in [5.74, 6) is -0.772. The fourth-order valence-electron chi connectivity index (χ4n) is 2.32. The molecule has 7 heteroatoms. The molecular weight excluding hydrogens is 375 g/mol. The van der Waals surface area contributed by atoms with Gasteiger partial charge in [-0.05, 0) is 24.3 Å². The Hall–Kier alpha value is -2.76. The summed E-state index contributed by atoms with van der Waals surface area (Å²) < 4.78 is 5.08. The summed E-state index contributed by atoms with van der Waals surface area (Å²) in [5, 5.41) is 6.15. The van der Waals surface area contributed by atoms with Crippen molar-refractivity contribution in [2.24, 2.45) is 0 Å². The van der Waals surface area contributed by atoms with E-state index in [1.54, 1.807) is 54.6 Å². The highest BCUT2D eigenvalue weighted by molar-refractivity contribution is 6.43. The maximum atomic E-state index is 12.9. The van der Waals surface area contributed by atoms with Crippen LogP contribution in [-0.4, -0.2) is 17.9 Å². The van der Waals surface area contributed by atoms with Gasteiger partial charge in [0, 0.05) is 5.56 Å². The molecule has 0 saturated heterocycles. The van der Waals surface area contributed by atoms with E-state index in [9.17, 15) is 9.59 Å². The van der Waals surface area contributed by atoms with Crippen LogP contribution in [0, 0.1) is 0 Å². The van der Waals surface area contributed by atoms with E-state index >= 15 is 0 Å². The Morgan fingerprint density at radius 1 is 0.923 bits per heavy atom. The van der Waals surface area contributed by atoms with Crippen LogP contribution in [0.4, 0.5) is 5.69 Å². The molecule has 3 rings (SSSR count). The Morgan fingerprint density at radius 3 is 2.38 bits per heavy atom. The van der Waals surface area contributed by atoms with Gasteiger partial charge in [0.1, 0.15) is 0 Å². The standard InChI is InChI=1S/C19H14Cl2N2O3/c20-13-8-4-9-14(16(13)21)22-18(17(24)12-6-2-1-3-7-12)23-19(25)15-10-5-11-26-15/h1-11,18,22H,(H,23,25). The SMILES string of the molecule is O=C(NC(Nc1cccc(Cl)c1Cl)C(=O)c1ccccc1)c1ccco1. The topological polar surface area (TPSA) is 71.3 Å². The highest BCUT2D eigenvalue weighted by Gasteiger charge is 2.24. The second-order valence-corrected chi connectivity index (χ2v) is 6.14. The van der Waals surface area contributed by atoms with Gasteiger partial charge in [0.05, 0.1) is 22.0 Å². The molecule has 2 aromatic carbocycles. The summed E-state index contributed by atoms with van der Waals surface area (Å²) in [6, 6.07) is 16.7. The number of rotatable bonds is 6. The van der Waals surface area contributed by atoms with Crippen LogP contribution in [0.15, 0.2) is 71.3 Å². The average molecular weight is 389 g/mol. The zero-order chi connectivity index (χ0) is 18.5. The number of Topliss-reactive ketones (excluding diaryl/α,β-unsaturated/α-hetero) is 1. The summed E-state index contributed by atoms with van der Waals surface area (Å²) in [6.45, 7) is 0. The summed E-state index contributed by atoms with van der Waals surface area (Å²) in [7, 11) is 0. The van der Waals surface area contributed by atoms with Crippen molar-refractivity contribution in [1.82, 2.24) is 5.32 Å². The van der Waals surface area contributed by atoms with Gasteiger partial charge < -0.3 is 15.1 Å². The van der Waals surface area contributed by atoms with Gasteiger partial charge in [-0.3, -0.25) is 9.59 Å². The Kier molecular flexibility index (Phi) is 5.61. The van der Waals surface area contributed by atoms with E-state index in [2.05, 4.69) is 10.6 Å². The molecule has 0 fully saturated rings. The molecular formula is C19H14Cl2N2O3. The number of halogens is 2. The van der Waals surface area contributed by atoms with E-state index in [-0.39, 0.29) is 16.6 Å². The zero-order valence-electron chi connectivity index (χ0n) is 13.4. The minimum absolute atomic E-state index is 0.0925. The van der Waals surface area contributed by atoms with E-state index in [4.69, 9.17) is 27.6 Å². The first-order valence-corrected chi connectivity index (χ1v) is 8.46. The van der Waals surface area contributed by atoms with Gasteiger partial charge in [-0.2, -0.15) is 0 Å². The van der Waals surface area contributed by atoms with Crippen molar-refractivity contribution in [3.63, 3.8) is 0 Å². The first kappa shape index (κ1) is 18.0. The molecule has 1 heterocycles. The van der Waals surface area contributed by atoms with Gasteiger partial charge in [-0.15, -0.1) is 0 Å². The number of nitrogens with one attached hydrogen (secondary N) is 2. The Labute approximate surface area is 159 Å². The lowest BCUT2D eigenvalue weighted by Crippen LogP contribution is -2.46. The number of hydrogen-bond donors (Lipinski definition) is 2. The molecule has 132 valence electrons. The molecule has 3 aromatic rings. The fraction of sp³-hybridized carbons (Fsp3) is 0.0526. The number of benzene rings is 2. The third kappa shape index (κ3) is 4.07. The maximum Gasteiger partial charge on any atom is 0.288 e. The second-order valence-electron chi connectivity index (χ2n) is 5.36. The zero-order valence-corrected chi connectivity index (χ0v) is 14.9. The van der Waals surface area contributed by atoms with Crippen LogP contribution in [0.5, 0.6) is 0 Å². The van der Waals surface area contributed by atoms with Gasteiger partial charge in [0.15, 0.2) is 11.9 Å². The van der Waals surface area contributed by atoms with Crippen molar-refractivity contribution in [2.45, 2.75) is 6.17 Å². The predicted molar refractivity (Wildman–Crippen MR) is 101 cm³/mol. The summed E-state index contributed by atoms with van der Waals surface area (Å²) >= 11 is 12.2. The molecule has 0 aliphatic heterocycles. The van der Waals surface area contributed by atoms with Crippen LogP contribution in [0.3, 0.4) is 0 Å². The lowest BCUT2D eigenvalue weighted by atomic mass is 10.1. The number of ketones is 1. The van der Waals surface area contributed by atoms with Crippen molar-refractivity contribution >= 4 is 40.6 Å². The Bertz CT molecular complexity index is 912. The Balaban J connectivity index is 1.89. The van der Waals surface area contributed by atoms with E-state index in [1.807, 2.05) is 0 Å². The van der Waals surface area contributed by atoms with E-state index in [0.717, 1.165) is 0 Å². The number of furan rings is 1. The summed E-state index contributed by atoms with van der Waals surface area (Å²) in [6.07, 6.45) is 0.315. The Morgan fingerprint density at radius 2 is 1.69 bits per heavy atom. The summed E-state index contributed by atoms with van der Waals surface area (Å²) in [5.41, 5.74) is 0.857. The van der Waals surface area contributed by atoms with Crippen LogP contribution < -0.4 is 10.6 Å². The molecule has 0 spiro atoms. The maximum absolute atomic E-state index is 12.9. The largest absolute Gasteiger partial charge is 0.459 e. The molecule has 26 heavy (non-hydrogen) atoms. The molecule has 0 saturated carbocycles. The van der Waals surface area contributed by atoms with Crippen molar-refractivity contribution in [3.8, 4) is 0 Å². The number of hydrogen-bond acceptors (Lipinski definition) is 4. The van der Waals surface area contributed by atoms with Crippen LogP contribution in [0.25, 0.3) is 0 Å². The van der Waals surface area contributed by atoms with Crippen molar-refractivity contribution in [2.75, 3.05) is 5.32 Å². The van der Waals surface area contributed by atoms with Crippen molar-refractivity contribution < 1.29 is 14.0 Å². The van der Waals surface area contributed by atoms with Gasteiger partial charge >= 0.3 is 0 Å². The lowest BCUT2D eigenvalue weighted by Gasteiger charge is -2.21. The molecule has 0 aliphatic rings. The fourth-order valence-corrected chi connectivity index (χ4v) is 2.67. The second kappa shape index (κ2) is 8.08. The monoisotopic (exact) mass is 388 g/mol. The first-order valence-electron chi connectivity index (χ1n) is 7.70. The molecule has 1 aromatic heterocycles. The quantitative estimate of drug-likeness (QED) is 0.476. The normalized spacial score (nSPS) is 11.6. The van der Waals surface area contributed by atoms with Gasteiger partial charge in [0.2, 0.25) is 5.78 Å². The molecule has 2 N–H and O–H groups in total. The van der Waals surface area contributed by atoms with Gasteiger partial charge in [-0.1, -0.05) is 59.6 Å². The van der Waals surface area contributed by atoms with Crippen LogP contribution in [0.2, 0.25) is 10.0 Å². The third-order valence-corrected chi connectivity index (χ3v) is 4.41.